The third-order valence-electron chi connectivity index (χ3n) is 3.28. The monoisotopic (exact) mass is 720 g/mol. The molecule has 0 unspecified atom stereocenters. The number of hydrogen-bond donors (Lipinski definition) is 0. The molecule has 0 aromatic carbocycles. The Hall–Kier alpha value is -4.63. The Balaban J connectivity index is -0.0000000864. The second-order valence-corrected chi connectivity index (χ2v) is 8.80. The standard InChI is InChI=1S/3C6H10O3.3C4H6O3.Al/c3*1-3-9-6(8)4-5(2)7;3*1-3(5)2-4(6)7;/h3*3-4H2,1-2H3;3*2H2,1H3,(H,6,7);/q;;;;;;+3/p-3. The zero-order chi connectivity index (χ0) is 39.4. The summed E-state index contributed by atoms with van der Waals surface area (Å²) in [4.78, 5) is 120. The van der Waals surface area contributed by atoms with E-state index in [-0.39, 0.29) is 71.3 Å². The molecule has 0 amide bonds. The van der Waals surface area contributed by atoms with Gasteiger partial charge in [0.05, 0.1) is 19.8 Å². The van der Waals surface area contributed by atoms with Gasteiger partial charge in [0.25, 0.3) is 0 Å². The van der Waals surface area contributed by atoms with E-state index in [4.69, 9.17) is 0 Å². The molecular formula is C30H45AlO18. The van der Waals surface area contributed by atoms with Gasteiger partial charge in [-0.15, -0.1) is 0 Å². The number of aliphatic carboxylic acids is 3. The van der Waals surface area contributed by atoms with Gasteiger partial charge in [-0.25, -0.2) is 0 Å². The van der Waals surface area contributed by atoms with E-state index in [0.29, 0.717) is 19.8 Å². The molecule has 0 rings (SSSR count). The fraction of sp³-hybridized carbons (Fsp3) is 0.600. The van der Waals surface area contributed by atoms with Crippen molar-refractivity contribution in [2.45, 2.75) is 101 Å². The quantitative estimate of drug-likeness (QED) is 0.0722. The van der Waals surface area contributed by atoms with Gasteiger partial charge < -0.3 is 43.9 Å². The Labute approximate surface area is 295 Å². The molecule has 0 aliphatic rings. The predicted octanol–water partition coefficient (Wildman–Crippen LogP) is -2.65. The van der Waals surface area contributed by atoms with Gasteiger partial charge >= 0.3 is 35.3 Å². The molecule has 0 spiro atoms. The number of esters is 3. The van der Waals surface area contributed by atoms with Crippen LogP contribution in [0.3, 0.4) is 0 Å². The van der Waals surface area contributed by atoms with Crippen LogP contribution in [0.2, 0.25) is 0 Å². The number of hydrogen-bond acceptors (Lipinski definition) is 18. The van der Waals surface area contributed by atoms with E-state index in [1.54, 1.807) is 20.8 Å². The normalized spacial score (nSPS) is 8.27. The molecule has 0 saturated heterocycles. The largest absolute Gasteiger partial charge is 3.00 e. The van der Waals surface area contributed by atoms with Crippen LogP contribution in [0.25, 0.3) is 0 Å². The van der Waals surface area contributed by atoms with Gasteiger partial charge in [-0.2, -0.15) is 0 Å². The van der Waals surface area contributed by atoms with Gasteiger partial charge in [0.15, 0.2) is 0 Å². The van der Waals surface area contributed by atoms with E-state index in [1.807, 2.05) is 0 Å². The number of ether oxygens (including phenoxy) is 3. The molecule has 276 valence electrons. The van der Waals surface area contributed by atoms with Crippen molar-refractivity contribution in [1.29, 1.82) is 0 Å². The Morgan fingerprint density at radius 2 is 0.490 bits per heavy atom. The zero-order valence-electron chi connectivity index (χ0n) is 29.3. The summed E-state index contributed by atoms with van der Waals surface area (Å²) in [5, 5.41) is 28.4. The first-order chi connectivity index (χ1) is 21.9. The minimum atomic E-state index is -1.31. The molecule has 0 saturated carbocycles. The molecule has 0 atom stereocenters. The average Bonchev–Trinajstić information content (AvgIpc) is 2.82. The van der Waals surface area contributed by atoms with Crippen LogP contribution in [0, 0.1) is 0 Å². The predicted molar refractivity (Wildman–Crippen MR) is 162 cm³/mol. The van der Waals surface area contributed by atoms with E-state index in [9.17, 15) is 72.9 Å². The molecule has 0 N–H and O–H groups in total. The molecular weight excluding hydrogens is 675 g/mol. The number of Topliss-reactive ketones (excluding diaryl/α,β-unsaturated/α-hetero) is 6. The van der Waals surface area contributed by atoms with Crippen molar-refractivity contribution < 1.29 is 87.1 Å². The smallest absolute Gasteiger partial charge is 0.550 e. The topological polar surface area (TPSA) is 302 Å². The molecule has 0 fully saturated rings. The van der Waals surface area contributed by atoms with Crippen LogP contribution in [-0.2, 0) is 71.7 Å². The summed E-state index contributed by atoms with van der Waals surface area (Å²) >= 11 is 0. The summed E-state index contributed by atoms with van der Waals surface area (Å²) < 4.78 is 13.5. The maximum atomic E-state index is 10.4. The van der Waals surface area contributed by atoms with Crippen molar-refractivity contribution in [1.82, 2.24) is 0 Å². The summed E-state index contributed by atoms with van der Waals surface area (Å²) in [5.74, 6) is -6.86. The molecule has 0 bridgehead atoms. The molecule has 0 radical (unpaired) electrons. The van der Waals surface area contributed by atoms with Gasteiger partial charge in [0.2, 0.25) is 0 Å². The summed E-state index contributed by atoms with van der Waals surface area (Å²) in [5.41, 5.74) is 0. The van der Waals surface area contributed by atoms with Crippen molar-refractivity contribution in [3.05, 3.63) is 0 Å². The van der Waals surface area contributed by atoms with E-state index >= 15 is 0 Å². The summed E-state index contributed by atoms with van der Waals surface area (Å²) in [6, 6.07) is 0. The minimum absolute atomic E-state index is 0. The van der Waals surface area contributed by atoms with E-state index in [1.165, 1.54) is 41.5 Å². The van der Waals surface area contributed by atoms with Crippen LogP contribution in [0.5, 0.6) is 0 Å². The van der Waals surface area contributed by atoms with Crippen LogP contribution in [0.1, 0.15) is 101 Å². The maximum Gasteiger partial charge on any atom is 3.00 e. The van der Waals surface area contributed by atoms with Gasteiger partial charge in [-0.05, 0) is 62.3 Å². The summed E-state index contributed by atoms with van der Waals surface area (Å²) in [7, 11) is 0. The van der Waals surface area contributed by atoms with Gasteiger partial charge in [-0.3, -0.25) is 43.2 Å². The number of ketones is 6. The second-order valence-electron chi connectivity index (χ2n) is 8.80. The maximum absolute atomic E-state index is 10.4. The van der Waals surface area contributed by atoms with Gasteiger partial charge in [0, 0.05) is 37.2 Å². The van der Waals surface area contributed by atoms with Crippen molar-refractivity contribution in [2.75, 3.05) is 19.8 Å². The molecule has 0 aliphatic carbocycles. The molecule has 0 aromatic heterocycles. The van der Waals surface area contributed by atoms with Crippen LogP contribution in [0.15, 0.2) is 0 Å². The number of rotatable bonds is 15. The number of carbonyl (C=O) groups is 12. The molecule has 49 heavy (non-hydrogen) atoms. The Bertz CT molecular complexity index is 910. The van der Waals surface area contributed by atoms with Crippen LogP contribution in [0.4, 0.5) is 0 Å². The first-order valence-corrected chi connectivity index (χ1v) is 13.9. The number of carboxylic acids is 3. The minimum Gasteiger partial charge on any atom is -0.550 e. The van der Waals surface area contributed by atoms with E-state index < -0.39 is 55.1 Å². The third kappa shape index (κ3) is 92.2. The van der Waals surface area contributed by atoms with Crippen molar-refractivity contribution in [3.63, 3.8) is 0 Å². The van der Waals surface area contributed by atoms with Crippen LogP contribution in [-0.4, -0.2) is 108 Å². The van der Waals surface area contributed by atoms with Crippen molar-refractivity contribution >= 4 is 87.9 Å². The number of carbonyl (C=O) groups excluding carboxylic acids is 12. The average molecular weight is 721 g/mol. The first kappa shape index (κ1) is 59.8. The van der Waals surface area contributed by atoms with E-state index in [2.05, 4.69) is 14.2 Å². The summed E-state index contributed by atoms with van der Waals surface area (Å²) in [6.07, 6.45) is -1.73. The Morgan fingerprint density at radius 3 is 0.551 bits per heavy atom. The second kappa shape index (κ2) is 41.4. The fourth-order valence-electron chi connectivity index (χ4n) is 1.86. The third-order valence-corrected chi connectivity index (χ3v) is 3.28. The van der Waals surface area contributed by atoms with Crippen LogP contribution < -0.4 is 15.3 Å². The van der Waals surface area contributed by atoms with Gasteiger partial charge in [-0.1, -0.05) is 0 Å². The first-order valence-electron chi connectivity index (χ1n) is 13.9. The number of carboxylic acid groups (broad SMARTS) is 3. The van der Waals surface area contributed by atoms with Crippen LogP contribution >= 0.6 is 0 Å². The van der Waals surface area contributed by atoms with Crippen molar-refractivity contribution in [3.8, 4) is 0 Å². The van der Waals surface area contributed by atoms with Gasteiger partial charge in [0.1, 0.15) is 54.0 Å². The fourth-order valence-corrected chi connectivity index (χ4v) is 1.86. The summed E-state index contributed by atoms with van der Waals surface area (Å²) in [6.45, 7) is 13.8. The molecule has 19 heteroatoms. The molecule has 0 aliphatic heterocycles. The molecule has 0 aromatic rings. The Kier molecular flexibility index (Phi) is 50.5. The Morgan fingerprint density at radius 1 is 0.347 bits per heavy atom. The zero-order valence-corrected chi connectivity index (χ0v) is 30.4. The SMILES string of the molecule is CC(=O)CC(=O)[O-].CC(=O)CC(=O)[O-].CC(=O)CC(=O)[O-].CCOC(=O)CC(C)=O.CCOC(=O)CC(C)=O.CCOC(=O)CC(C)=O.[Al+3]. The molecule has 0 heterocycles. The van der Waals surface area contributed by atoms with E-state index in [0.717, 1.165) is 0 Å². The molecule has 18 nitrogen and oxygen atoms in total. The van der Waals surface area contributed by atoms with Crippen molar-refractivity contribution in [2.24, 2.45) is 0 Å².